The number of halogens is 4. The number of nitrogens with one attached hydrogen (secondary N) is 5. The van der Waals surface area contributed by atoms with Crippen LogP contribution in [0.15, 0.2) is 53.5 Å². The van der Waals surface area contributed by atoms with Crippen LogP contribution in [-0.4, -0.2) is 114 Å². The molecule has 0 fully saturated rings. The van der Waals surface area contributed by atoms with E-state index in [1.54, 1.807) is 30.3 Å². The van der Waals surface area contributed by atoms with Gasteiger partial charge in [-0.1, -0.05) is 46.4 Å². The van der Waals surface area contributed by atoms with Gasteiger partial charge in [0.1, 0.15) is 11.6 Å². The van der Waals surface area contributed by atoms with Gasteiger partial charge in [-0.25, -0.2) is 9.97 Å². The molecule has 4 rings (SSSR count). The van der Waals surface area contributed by atoms with Gasteiger partial charge >= 0.3 is 0 Å². The van der Waals surface area contributed by atoms with Crippen LogP contribution in [0.4, 0.5) is 34.9 Å². The number of thiocarbonyl (C=S) groups is 1. The molecule has 5 N–H and O–H groups in total. The first-order valence-electron chi connectivity index (χ1n) is 17.1. The highest BCUT2D eigenvalue weighted by Crippen LogP contribution is 2.26. The van der Waals surface area contributed by atoms with Crippen LogP contribution in [0.5, 0.6) is 0 Å². The normalized spacial score (nSPS) is 11.2. The quantitative estimate of drug-likeness (QED) is 0.0361. The molecule has 2 heterocycles. The average molecular weight is 838 g/mol. The number of guanidine groups is 1. The Labute approximate surface area is 344 Å². The van der Waals surface area contributed by atoms with Gasteiger partial charge in [0, 0.05) is 62.1 Å². The molecule has 0 bridgehead atoms. The lowest BCUT2D eigenvalue weighted by molar-refractivity contribution is 0.405. The van der Waals surface area contributed by atoms with Gasteiger partial charge in [0.2, 0.25) is 11.9 Å². The number of aliphatic imine (C=N–C) groups is 1. The van der Waals surface area contributed by atoms with Crippen molar-refractivity contribution in [3.05, 3.63) is 80.0 Å². The molecule has 18 heteroatoms. The van der Waals surface area contributed by atoms with Crippen molar-refractivity contribution in [3.63, 3.8) is 0 Å². The zero-order chi connectivity index (χ0) is 39.8. The van der Waals surface area contributed by atoms with Crippen molar-refractivity contribution < 1.29 is 0 Å². The van der Waals surface area contributed by atoms with E-state index in [4.69, 9.17) is 58.6 Å². The lowest BCUT2D eigenvalue weighted by atomic mass is 10.3. The summed E-state index contributed by atoms with van der Waals surface area (Å²) in [5.41, 5.74) is 3.19. The Morgan fingerprint density at radius 3 is 1.63 bits per heavy atom. The average Bonchev–Trinajstić information content (AvgIpc) is 3.08. The second-order valence-corrected chi connectivity index (χ2v) is 14.9. The van der Waals surface area contributed by atoms with Gasteiger partial charge in [-0.15, -0.1) is 0 Å². The van der Waals surface area contributed by atoms with Crippen molar-refractivity contribution in [2.24, 2.45) is 4.99 Å². The highest BCUT2D eigenvalue weighted by atomic mass is 35.5. The second kappa shape index (κ2) is 22.6. The summed E-state index contributed by atoms with van der Waals surface area (Å²) >= 11 is 29.3. The van der Waals surface area contributed by atoms with Gasteiger partial charge < -0.3 is 41.3 Å². The Bertz CT molecular complexity index is 1860. The van der Waals surface area contributed by atoms with E-state index in [0.29, 0.717) is 43.1 Å². The third-order valence-electron chi connectivity index (χ3n) is 7.08. The Kier molecular flexibility index (Phi) is 18.7. The van der Waals surface area contributed by atoms with E-state index < -0.39 is 0 Å². The van der Waals surface area contributed by atoms with Gasteiger partial charge in [0.05, 0.1) is 20.1 Å². The molecule has 0 unspecified atom stereocenters. The number of hydrogen-bond acceptors (Lipinski definition) is 10. The van der Waals surface area contributed by atoms with Crippen molar-refractivity contribution in [3.8, 4) is 0 Å². The number of aromatic nitrogens is 4. The van der Waals surface area contributed by atoms with Crippen LogP contribution in [0, 0.1) is 13.8 Å². The summed E-state index contributed by atoms with van der Waals surface area (Å²) in [5.74, 6) is 2.92. The highest BCUT2D eigenvalue weighted by Gasteiger charge is 2.10. The molecule has 0 radical (unpaired) electrons. The van der Waals surface area contributed by atoms with Crippen LogP contribution in [-0.2, 0) is 0 Å². The summed E-state index contributed by atoms with van der Waals surface area (Å²) in [6.45, 7) is 7.53. The third-order valence-corrected chi connectivity index (χ3v) is 8.76. The minimum absolute atomic E-state index is 0.368. The van der Waals surface area contributed by atoms with Crippen LogP contribution < -0.4 is 26.6 Å². The fraction of sp³-hybridized carbons (Fsp3) is 0.389. The van der Waals surface area contributed by atoms with Crippen molar-refractivity contribution in [2.45, 2.75) is 26.7 Å². The molecule has 292 valence electrons. The van der Waals surface area contributed by atoms with Gasteiger partial charge in [-0.05, 0) is 117 Å². The second-order valence-electron chi connectivity index (χ2n) is 12.9. The molecule has 13 nitrogen and oxygen atoms in total. The number of hydrogen-bond donors (Lipinski definition) is 5. The molecule has 0 saturated carbocycles. The maximum atomic E-state index is 6.10. The molecule has 2 aromatic carbocycles. The molecule has 0 spiro atoms. The maximum Gasteiger partial charge on any atom is 0.254 e. The fourth-order valence-corrected chi connectivity index (χ4v) is 5.31. The van der Waals surface area contributed by atoms with Crippen LogP contribution >= 0.6 is 58.6 Å². The summed E-state index contributed by atoms with van der Waals surface area (Å²) in [5, 5.41) is 18.2. The van der Waals surface area contributed by atoms with E-state index in [2.05, 4.69) is 89.5 Å². The molecule has 0 amide bonds. The lowest BCUT2D eigenvalue weighted by Crippen LogP contribution is -2.29. The molecule has 54 heavy (non-hydrogen) atoms. The van der Waals surface area contributed by atoms with Crippen LogP contribution in [0.25, 0.3) is 0 Å². The number of benzene rings is 2. The van der Waals surface area contributed by atoms with Crippen LogP contribution in [0.2, 0.25) is 20.1 Å². The van der Waals surface area contributed by atoms with Crippen molar-refractivity contribution >= 4 is 105 Å². The predicted octanol–water partition coefficient (Wildman–Crippen LogP) is 8.38. The Morgan fingerprint density at radius 1 is 0.630 bits per heavy atom. The predicted molar refractivity (Wildman–Crippen MR) is 234 cm³/mol. The molecular formula is C36H49Cl4N13S. The van der Waals surface area contributed by atoms with Crippen LogP contribution in [0.3, 0.4) is 0 Å². The van der Waals surface area contributed by atoms with E-state index in [1.165, 1.54) is 0 Å². The first-order chi connectivity index (χ1) is 25.6. The topological polar surface area (TPSA) is 134 Å². The minimum Gasteiger partial charge on any atom is -0.370 e. The summed E-state index contributed by atoms with van der Waals surface area (Å²) in [6, 6.07) is 14.3. The molecule has 0 aliphatic rings. The fourth-order valence-electron chi connectivity index (χ4n) is 4.51. The molecule has 0 atom stereocenters. The standard InChI is InChI=1S/C19H27Cl2N7.C17H22Cl2N6S/c1-13-11-17(22-9-6-10-27(2)3)25-18(23-13)26-19(28(4)5)24-14-7-8-15(20)16(21)12-14;1-11-9-15(20-7-4-8-25(2)3)23-16(21-11)24-17(26)22-12-5-6-13(18)14(19)10-12/h7-8,11-12H,6,9-10H2,1-5H3,(H2,22,23,24,25,26);5-6,9-10H,4,7-8H2,1-3H3,(H3,20,21,22,23,24,26). The Balaban J connectivity index is 0.000000291. The van der Waals surface area contributed by atoms with Crippen molar-refractivity contribution in [1.29, 1.82) is 0 Å². The summed E-state index contributed by atoms with van der Waals surface area (Å²) < 4.78 is 0. The number of nitrogens with zero attached hydrogens (tertiary/aromatic N) is 8. The summed E-state index contributed by atoms with van der Waals surface area (Å²) in [6.07, 6.45) is 2.05. The zero-order valence-corrected chi connectivity index (χ0v) is 35.7. The monoisotopic (exact) mass is 835 g/mol. The number of rotatable bonds is 14. The van der Waals surface area contributed by atoms with Gasteiger partial charge in [0.25, 0.3) is 5.95 Å². The van der Waals surface area contributed by atoms with E-state index >= 15 is 0 Å². The first kappa shape index (κ1) is 44.6. The molecule has 4 aromatic rings. The van der Waals surface area contributed by atoms with Crippen LogP contribution in [0.1, 0.15) is 24.2 Å². The molecule has 0 saturated heterocycles. The molecule has 2 aromatic heterocycles. The molecular weight excluding hydrogens is 788 g/mol. The first-order valence-corrected chi connectivity index (χ1v) is 19.0. The zero-order valence-electron chi connectivity index (χ0n) is 31.9. The third kappa shape index (κ3) is 16.7. The minimum atomic E-state index is 0.368. The molecule has 0 aliphatic heterocycles. The van der Waals surface area contributed by atoms with E-state index in [9.17, 15) is 0 Å². The van der Waals surface area contributed by atoms with Crippen molar-refractivity contribution in [2.75, 3.05) is 95.0 Å². The maximum absolute atomic E-state index is 6.10. The largest absolute Gasteiger partial charge is 0.370 e. The highest BCUT2D eigenvalue weighted by molar-refractivity contribution is 7.80. The number of aryl methyl sites for hydroxylation is 2. The number of anilines is 5. The summed E-state index contributed by atoms with van der Waals surface area (Å²) in [7, 11) is 12.0. The van der Waals surface area contributed by atoms with Gasteiger partial charge in [-0.3, -0.25) is 0 Å². The van der Waals surface area contributed by atoms with E-state index in [0.717, 1.165) is 73.4 Å². The molecule has 0 aliphatic carbocycles. The lowest BCUT2D eigenvalue weighted by Gasteiger charge is -2.17. The summed E-state index contributed by atoms with van der Waals surface area (Å²) in [4.78, 5) is 28.4. The van der Waals surface area contributed by atoms with E-state index in [-0.39, 0.29) is 0 Å². The Hall–Kier alpha value is -3.76. The van der Waals surface area contributed by atoms with Gasteiger partial charge in [-0.2, -0.15) is 15.0 Å². The van der Waals surface area contributed by atoms with Gasteiger partial charge in [0.15, 0.2) is 5.11 Å². The Morgan fingerprint density at radius 2 is 1.13 bits per heavy atom. The smallest absolute Gasteiger partial charge is 0.254 e. The van der Waals surface area contributed by atoms with E-state index in [1.807, 2.05) is 51.0 Å². The van der Waals surface area contributed by atoms with Crippen molar-refractivity contribution in [1.82, 2.24) is 34.6 Å². The SMILES string of the molecule is Cc1cc(NCCCN(C)C)nc(N=C(Nc2ccc(Cl)c(Cl)c2)N(C)C)n1.Cc1cc(NCCCN(C)C)nc(NC(=S)Nc2ccc(Cl)c(Cl)c2)n1.